The summed E-state index contributed by atoms with van der Waals surface area (Å²) in [6.45, 7) is 4.98. The number of ether oxygens (including phenoxy) is 2. The highest BCUT2D eigenvalue weighted by Gasteiger charge is 2.45. The largest absolute Gasteiger partial charge is 0.493 e. The highest BCUT2D eigenvalue weighted by molar-refractivity contribution is 5.75. The molecule has 0 saturated carbocycles. The molecule has 176 valence electrons. The van der Waals surface area contributed by atoms with Crippen LogP contribution >= 0.6 is 0 Å². The van der Waals surface area contributed by atoms with Crippen molar-refractivity contribution in [2.24, 2.45) is 5.92 Å². The molecule has 0 bridgehead atoms. The van der Waals surface area contributed by atoms with E-state index in [0.29, 0.717) is 5.92 Å². The first-order valence-corrected chi connectivity index (χ1v) is 12.2. The van der Waals surface area contributed by atoms with E-state index in [4.69, 9.17) is 9.47 Å². The van der Waals surface area contributed by atoms with Crippen molar-refractivity contribution in [1.82, 2.24) is 15.1 Å². The Balaban J connectivity index is 1.40. The summed E-state index contributed by atoms with van der Waals surface area (Å²) in [5, 5.41) is 3.26. The molecule has 0 radical (unpaired) electrons. The summed E-state index contributed by atoms with van der Waals surface area (Å²) >= 11 is 0. The summed E-state index contributed by atoms with van der Waals surface area (Å²) < 4.78 is 11.5. The summed E-state index contributed by atoms with van der Waals surface area (Å²) in [7, 11) is 3.43. The molecule has 2 saturated heterocycles. The Morgan fingerprint density at radius 2 is 1.91 bits per heavy atom. The minimum atomic E-state index is -0.0149. The molecule has 2 amide bonds. The van der Waals surface area contributed by atoms with Crippen LogP contribution in [0.3, 0.4) is 0 Å². The van der Waals surface area contributed by atoms with Gasteiger partial charge in [0.05, 0.1) is 20.3 Å². The highest BCUT2D eigenvalue weighted by Crippen LogP contribution is 2.48. The van der Waals surface area contributed by atoms with Crippen molar-refractivity contribution in [3.05, 3.63) is 59.2 Å². The van der Waals surface area contributed by atoms with Gasteiger partial charge in [-0.3, -0.25) is 4.90 Å². The van der Waals surface area contributed by atoms with E-state index in [2.05, 4.69) is 40.2 Å². The van der Waals surface area contributed by atoms with Crippen LogP contribution in [0.1, 0.15) is 55.0 Å². The van der Waals surface area contributed by atoms with E-state index in [0.717, 1.165) is 56.0 Å². The van der Waals surface area contributed by atoms with E-state index in [1.807, 2.05) is 24.3 Å². The summed E-state index contributed by atoms with van der Waals surface area (Å²) in [6.07, 6.45) is 4.23. The second-order valence-corrected chi connectivity index (χ2v) is 9.62. The zero-order valence-electron chi connectivity index (χ0n) is 19.9. The summed E-state index contributed by atoms with van der Waals surface area (Å²) in [6, 6.07) is 14.9. The Bertz CT molecular complexity index is 996. The normalized spacial score (nSPS) is 25.3. The molecule has 33 heavy (non-hydrogen) atoms. The van der Waals surface area contributed by atoms with Crippen molar-refractivity contribution >= 4 is 6.03 Å². The molecule has 3 aliphatic heterocycles. The highest BCUT2D eigenvalue weighted by atomic mass is 16.5. The molecule has 2 aromatic carbocycles. The number of urea groups is 1. The number of piperidine rings is 2. The molecule has 3 unspecified atom stereocenters. The van der Waals surface area contributed by atoms with Crippen LogP contribution in [0.4, 0.5) is 4.79 Å². The molecular weight excluding hydrogens is 414 g/mol. The minimum Gasteiger partial charge on any atom is -0.493 e. The van der Waals surface area contributed by atoms with Gasteiger partial charge in [-0.05, 0) is 55.7 Å². The number of nitrogens with one attached hydrogen (secondary N) is 1. The van der Waals surface area contributed by atoms with E-state index in [1.54, 1.807) is 14.2 Å². The molecule has 6 heteroatoms. The number of carbonyl (C=O) groups is 1. The fraction of sp³-hybridized carbons (Fsp3) is 0.519. The van der Waals surface area contributed by atoms with Crippen LogP contribution in [0.5, 0.6) is 11.5 Å². The lowest BCUT2D eigenvalue weighted by Crippen LogP contribution is -2.59. The molecule has 1 N–H and O–H groups in total. The van der Waals surface area contributed by atoms with Crippen LogP contribution < -0.4 is 14.8 Å². The predicted molar refractivity (Wildman–Crippen MR) is 129 cm³/mol. The summed E-state index contributed by atoms with van der Waals surface area (Å²) in [5.74, 6) is 2.16. The van der Waals surface area contributed by atoms with E-state index < -0.39 is 0 Å². The van der Waals surface area contributed by atoms with Gasteiger partial charge in [-0.1, -0.05) is 36.4 Å². The Morgan fingerprint density at radius 3 is 2.67 bits per heavy atom. The first kappa shape index (κ1) is 22.1. The van der Waals surface area contributed by atoms with Crippen LogP contribution in [-0.2, 0) is 6.42 Å². The lowest BCUT2D eigenvalue weighted by Gasteiger charge is -2.52. The van der Waals surface area contributed by atoms with Gasteiger partial charge in [0.15, 0.2) is 11.5 Å². The molecule has 2 aromatic rings. The lowest BCUT2D eigenvalue weighted by atomic mass is 9.76. The summed E-state index contributed by atoms with van der Waals surface area (Å²) in [5.41, 5.74) is 3.73. The predicted octanol–water partition coefficient (Wildman–Crippen LogP) is 4.56. The number of fused-ring (bicyclic) bond motifs is 4. The second-order valence-electron chi connectivity index (χ2n) is 9.62. The Kier molecular flexibility index (Phi) is 6.19. The van der Waals surface area contributed by atoms with E-state index in [1.165, 1.54) is 17.5 Å². The van der Waals surface area contributed by atoms with Gasteiger partial charge in [-0.15, -0.1) is 0 Å². The molecule has 0 spiro atoms. The van der Waals surface area contributed by atoms with Crippen molar-refractivity contribution < 1.29 is 14.3 Å². The molecule has 5 rings (SSSR count). The van der Waals surface area contributed by atoms with Gasteiger partial charge >= 0.3 is 6.03 Å². The summed E-state index contributed by atoms with van der Waals surface area (Å²) in [4.78, 5) is 18.1. The molecule has 4 atom stereocenters. The van der Waals surface area contributed by atoms with Crippen LogP contribution in [0, 0.1) is 5.92 Å². The molecule has 0 aliphatic carbocycles. The number of carbonyl (C=O) groups excluding carboxylic acids is 1. The molecule has 0 aromatic heterocycles. The van der Waals surface area contributed by atoms with E-state index >= 15 is 0 Å². The Morgan fingerprint density at radius 1 is 1.09 bits per heavy atom. The number of nitrogens with zero attached hydrogens (tertiary/aromatic N) is 2. The minimum absolute atomic E-state index is 0.0149. The van der Waals surface area contributed by atoms with E-state index in [-0.39, 0.29) is 24.2 Å². The first-order chi connectivity index (χ1) is 16.1. The van der Waals surface area contributed by atoms with Crippen LogP contribution in [0.15, 0.2) is 42.5 Å². The van der Waals surface area contributed by atoms with Crippen LogP contribution in [0.25, 0.3) is 0 Å². The van der Waals surface area contributed by atoms with Crippen molar-refractivity contribution in [2.45, 2.75) is 50.7 Å². The van der Waals surface area contributed by atoms with Crippen molar-refractivity contribution in [1.29, 1.82) is 0 Å². The monoisotopic (exact) mass is 449 g/mol. The smallest absolute Gasteiger partial charge is 0.318 e. The fourth-order valence-corrected chi connectivity index (χ4v) is 6.21. The third-order valence-electron chi connectivity index (χ3n) is 7.87. The zero-order chi connectivity index (χ0) is 22.9. The molecule has 6 nitrogen and oxygen atoms in total. The number of hydrogen-bond donors (Lipinski definition) is 1. The number of benzene rings is 2. The van der Waals surface area contributed by atoms with Gasteiger partial charge in [-0.25, -0.2) is 4.79 Å². The van der Waals surface area contributed by atoms with Gasteiger partial charge in [0.2, 0.25) is 0 Å². The van der Waals surface area contributed by atoms with Gasteiger partial charge in [0, 0.05) is 37.3 Å². The van der Waals surface area contributed by atoms with Gasteiger partial charge in [0.25, 0.3) is 0 Å². The number of likely N-dealkylation sites (tertiary alicyclic amines) is 1. The second kappa shape index (κ2) is 9.26. The van der Waals surface area contributed by atoms with Gasteiger partial charge < -0.3 is 19.7 Å². The number of rotatable bonds is 4. The van der Waals surface area contributed by atoms with E-state index in [9.17, 15) is 4.79 Å². The number of amides is 2. The fourth-order valence-electron chi connectivity index (χ4n) is 6.21. The average molecular weight is 450 g/mol. The van der Waals surface area contributed by atoms with Crippen molar-refractivity contribution in [3.8, 4) is 11.5 Å². The van der Waals surface area contributed by atoms with Gasteiger partial charge in [0.1, 0.15) is 0 Å². The third-order valence-corrected chi connectivity index (χ3v) is 7.87. The standard InChI is InChI=1S/C27H35N3O3/c1-18(19-8-5-4-6-9-19)28-27(31)30-14-7-10-21-17-29-15-13-20-11-12-24(32-2)26(33-3)25(20)23(29)16-22(21)30/h4-6,8-9,11-12,18,21-23H,7,10,13-17H2,1-3H3,(H,28,31)/t18-,21?,22?,23?/m1/s1. The zero-order valence-corrected chi connectivity index (χ0v) is 19.9. The van der Waals surface area contributed by atoms with Crippen molar-refractivity contribution in [2.75, 3.05) is 33.9 Å². The van der Waals surface area contributed by atoms with Crippen LogP contribution in [-0.4, -0.2) is 55.7 Å². The molecule has 3 aliphatic rings. The number of hydrogen-bond acceptors (Lipinski definition) is 4. The van der Waals surface area contributed by atoms with Crippen LogP contribution in [0.2, 0.25) is 0 Å². The third kappa shape index (κ3) is 4.05. The first-order valence-electron chi connectivity index (χ1n) is 12.2. The SMILES string of the molecule is COc1ccc2c(c1OC)C1CC3C(CCCN3C(=O)N[C@H](C)c3ccccc3)CN1CC2. The average Bonchev–Trinajstić information content (AvgIpc) is 2.86. The maximum absolute atomic E-state index is 13.4. The number of methoxy groups -OCH3 is 2. The van der Waals surface area contributed by atoms with Gasteiger partial charge in [-0.2, -0.15) is 0 Å². The lowest BCUT2D eigenvalue weighted by molar-refractivity contribution is 0.00446. The topological polar surface area (TPSA) is 54.0 Å². The molecular formula is C27H35N3O3. The molecule has 3 heterocycles. The van der Waals surface area contributed by atoms with Crippen molar-refractivity contribution in [3.63, 3.8) is 0 Å². The maximum atomic E-state index is 13.4. The Labute approximate surface area is 196 Å². The quantitative estimate of drug-likeness (QED) is 0.744. The maximum Gasteiger partial charge on any atom is 0.318 e. The molecule has 2 fully saturated rings. The Hall–Kier alpha value is -2.73.